The molecule has 2 aliphatic carbocycles. The number of ether oxygens (including phenoxy) is 2. The number of nitrogens with zero attached hydrogens (tertiary/aromatic N) is 1. The summed E-state index contributed by atoms with van der Waals surface area (Å²) in [5, 5.41) is 3.16. The molecule has 2 aromatic carbocycles. The van der Waals surface area contributed by atoms with Crippen LogP contribution >= 0.6 is 0 Å². The molecule has 3 aliphatic rings. The number of hydrogen-bond donors (Lipinski definition) is 1. The smallest absolute Gasteiger partial charge is 0.332 e. The molecule has 5 rings (SSSR count). The Hall–Kier alpha value is -2.86. The molecule has 1 aliphatic heterocycles. The minimum Gasteiger partial charge on any atom is -0.497 e. The molecule has 40 heavy (non-hydrogen) atoms. The molecule has 0 radical (unpaired) electrons. The number of carbonyl (C=O) groups is 2. The Kier molecular flexibility index (Phi) is 8.28. The Morgan fingerprint density at radius 1 is 1.02 bits per heavy atom. The molecule has 1 saturated heterocycles. The molecule has 1 N–H and O–H groups in total. The zero-order valence-corrected chi connectivity index (χ0v) is 24.8. The molecule has 6 nitrogen and oxygen atoms in total. The van der Waals surface area contributed by atoms with Crippen molar-refractivity contribution in [2.75, 3.05) is 20.2 Å². The van der Waals surface area contributed by atoms with Crippen molar-refractivity contribution in [1.82, 2.24) is 10.2 Å². The summed E-state index contributed by atoms with van der Waals surface area (Å²) in [6, 6.07) is 18.8. The van der Waals surface area contributed by atoms with Crippen molar-refractivity contribution in [1.29, 1.82) is 0 Å². The zero-order chi connectivity index (χ0) is 28.5. The van der Waals surface area contributed by atoms with Gasteiger partial charge in [0.1, 0.15) is 17.4 Å². The SMILES string of the molecule is COc1ccc(CN2C[C@@H]3C[C@H](C2)[C@](NC(C)=O)(C(=O)O[C@@H]2C[C@H](C)CC[C@H]2C(C)(C)c2ccccc2)C3)cc1. The van der Waals surface area contributed by atoms with E-state index in [2.05, 4.69) is 67.4 Å². The average molecular weight is 547 g/mol. The molecule has 0 spiro atoms. The summed E-state index contributed by atoms with van der Waals surface area (Å²) < 4.78 is 11.9. The van der Waals surface area contributed by atoms with E-state index >= 15 is 0 Å². The lowest BCUT2D eigenvalue weighted by Gasteiger charge is -2.45. The van der Waals surface area contributed by atoms with Crippen LogP contribution in [0.4, 0.5) is 0 Å². The maximum atomic E-state index is 14.3. The summed E-state index contributed by atoms with van der Waals surface area (Å²) in [6.45, 7) is 10.8. The summed E-state index contributed by atoms with van der Waals surface area (Å²) in [5.74, 6) is 1.55. The van der Waals surface area contributed by atoms with Crippen LogP contribution < -0.4 is 10.1 Å². The van der Waals surface area contributed by atoms with Crippen LogP contribution in [0, 0.1) is 23.7 Å². The molecule has 6 heteroatoms. The highest BCUT2D eigenvalue weighted by molar-refractivity contribution is 5.88. The first-order valence-electron chi connectivity index (χ1n) is 15.0. The summed E-state index contributed by atoms with van der Waals surface area (Å²) >= 11 is 0. The highest BCUT2D eigenvalue weighted by Crippen LogP contribution is 2.48. The number of methoxy groups -OCH3 is 1. The van der Waals surface area contributed by atoms with Gasteiger partial charge in [-0.05, 0) is 66.2 Å². The van der Waals surface area contributed by atoms with Crippen molar-refractivity contribution >= 4 is 11.9 Å². The Labute approximate surface area is 239 Å². The third-order valence-electron chi connectivity index (χ3n) is 10.0. The summed E-state index contributed by atoms with van der Waals surface area (Å²) in [5.41, 5.74) is 1.40. The molecule has 2 saturated carbocycles. The van der Waals surface area contributed by atoms with Gasteiger partial charge in [0.2, 0.25) is 5.91 Å². The molecule has 1 amide bonds. The minimum absolute atomic E-state index is 0.0301. The summed E-state index contributed by atoms with van der Waals surface area (Å²) in [7, 11) is 1.68. The first kappa shape index (κ1) is 28.7. The van der Waals surface area contributed by atoms with E-state index < -0.39 is 5.54 Å². The van der Waals surface area contributed by atoms with Crippen LogP contribution in [0.2, 0.25) is 0 Å². The highest BCUT2D eigenvalue weighted by Gasteiger charge is 2.58. The quantitative estimate of drug-likeness (QED) is 0.428. The number of nitrogens with one attached hydrogen (secondary N) is 1. The second-order valence-corrected chi connectivity index (χ2v) is 13.3. The number of carbonyl (C=O) groups excluding carboxylic acids is 2. The number of esters is 1. The van der Waals surface area contributed by atoms with E-state index in [9.17, 15) is 9.59 Å². The van der Waals surface area contributed by atoms with E-state index in [4.69, 9.17) is 9.47 Å². The zero-order valence-electron chi connectivity index (χ0n) is 24.8. The van der Waals surface area contributed by atoms with Gasteiger partial charge < -0.3 is 14.8 Å². The predicted molar refractivity (Wildman–Crippen MR) is 157 cm³/mol. The number of hydrogen-bond acceptors (Lipinski definition) is 5. The van der Waals surface area contributed by atoms with Gasteiger partial charge in [-0.15, -0.1) is 0 Å². The van der Waals surface area contributed by atoms with Crippen molar-refractivity contribution in [2.24, 2.45) is 23.7 Å². The fraction of sp³-hybridized carbons (Fsp3) is 0.588. The number of rotatable bonds is 8. The second-order valence-electron chi connectivity index (χ2n) is 13.3. The van der Waals surface area contributed by atoms with E-state index in [1.165, 1.54) is 18.1 Å². The monoisotopic (exact) mass is 546 g/mol. The molecule has 0 aromatic heterocycles. The van der Waals surface area contributed by atoms with Crippen LogP contribution in [0.15, 0.2) is 54.6 Å². The van der Waals surface area contributed by atoms with Crippen LogP contribution in [-0.4, -0.2) is 48.6 Å². The normalized spacial score (nSPS) is 30.5. The summed E-state index contributed by atoms with van der Waals surface area (Å²) in [4.78, 5) is 29.3. The first-order valence-corrected chi connectivity index (χ1v) is 15.0. The fourth-order valence-electron chi connectivity index (χ4n) is 7.93. The highest BCUT2D eigenvalue weighted by atomic mass is 16.5. The maximum Gasteiger partial charge on any atom is 0.332 e. The fourth-order valence-corrected chi connectivity index (χ4v) is 7.93. The van der Waals surface area contributed by atoms with E-state index in [1.54, 1.807) is 7.11 Å². The average Bonchev–Trinajstić information content (AvgIpc) is 3.18. The maximum absolute atomic E-state index is 14.3. The van der Waals surface area contributed by atoms with Crippen LogP contribution in [0.1, 0.15) is 70.9 Å². The van der Waals surface area contributed by atoms with Gasteiger partial charge in [-0.2, -0.15) is 0 Å². The van der Waals surface area contributed by atoms with Gasteiger partial charge in [0.15, 0.2) is 0 Å². The van der Waals surface area contributed by atoms with Crippen molar-refractivity contribution in [3.8, 4) is 5.75 Å². The topological polar surface area (TPSA) is 67.9 Å². The van der Waals surface area contributed by atoms with Crippen LogP contribution in [0.3, 0.4) is 0 Å². The Balaban J connectivity index is 1.36. The van der Waals surface area contributed by atoms with Crippen molar-refractivity contribution in [2.45, 2.75) is 83.4 Å². The van der Waals surface area contributed by atoms with Gasteiger partial charge in [-0.25, -0.2) is 4.79 Å². The van der Waals surface area contributed by atoms with Gasteiger partial charge in [0.05, 0.1) is 7.11 Å². The molecule has 3 fully saturated rings. The Morgan fingerprint density at radius 2 is 1.75 bits per heavy atom. The molecule has 2 bridgehead atoms. The molecule has 216 valence electrons. The van der Waals surface area contributed by atoms with Crippen LogP contribution in [-0.2, 0) is 26.3 Å². The number of piperidine rings is 1. The van der Waals surface area contributed by atoms with E-state index in [0.717, 1.165) is 51.1 Å². The standard InChI is InChI=1S/C34H46N2O4/c1-23-11-16-30(33(3,4)27-9-7-6-8-10-27)31(17-23)40-32(38)34(35-24(2)37)19-26-18-28(34)22-36(21-26)20-25-12-14-29(39-5)15-13-25/h6-10,12-15,23,26,28,30-31H,11,16-22H2,1-5H3,(H,35,37)/t23-,26-,28-,30-,31-,34+/m1/s1. The lowest BCUT2D eigenvalue weighted by molar-refractivity contribution is -0.168. The van der Waals surface area contributed by atoms with Crippen LogP contribution in [0.5, 0.6) is 5.75 Å². The molecule has 1 heterocycles. The summed E-state index contributed by atoms with van der Waals surface area (Å²) in [6.07, 6.45) is 4.43. The largest absolute Gasteiger partial charge is 0.497 e. The molecular formula is C34H46N2O4. The van der Waals surface area contributed by atoms with Crippen molar-refractivity contribution in [3.05, 3.63) is 65.7 Å². The van der Waals surface area contributed by atoms with Crippen LogP contribution in [0.25, 0.3) is 0 Å². The lowest BCUT2D eigenvalue weighted by Crippen LogP contribution is -2.60. The number of likely N-dealkylation sites (tertiary alicyclic amines) is 1. The van der Waals surface area contributed by atoms with E-state index in [1.807, 2.05) is 18.2 Å². The number of fused-ring (bicyclic) bond motifs is 2. The molecule has 0 unspecified atom stereocenters. The lowest BCUT2D eigenvalue weighted by atomic mass is 9.64. The van der Waals surface area contributed by atoms with Gasteiger partial charge in [0.25, 0.3) is 0 Å². The van der Waals surface area contributed by atoms with Crippen molar-refractivity contribution < 1.29 is 19.1 Å². The third kappa shape index (κ3) is 5.79. The van der Waals surface area contributed by atoms with Crippen molar-refractivity contribution in [3.63, 3.8) is 0 Å². The number of amides is 1. The minimum atomic E-state index is -0.965. The molecule has 6 atom stereocenters. The van der Waals surface area contributed by atoms with Gasteiger partial charge in [-0.3, -0.25) is 9.69 Å². The Morgan fingerprint density at radius 3 is 2.42 bits per heavy atom. The second kappa shape index (κ2) is 11.6. The van der Waals surface area contributed by atoms with E-state index in [-0.39, 0.29) is 35.2 Å². The molecular weight excluding hydrogens is 500 g/mol. The van der Waals surface area contributed by atoms with Gasteiger partial charge in [0, 0.05) is 38.4 Å². The molecule has 2 aromatic rings. The first-order chi connectivity index (χ1) is 19.1. The van der Waals surface area contributed by atoms with Gasteiger partial charge in [-0.1, -0.05) is 69.7 Å². The predicted octanol–water partition coefficient (Wildman–Crippen LogP) is 5.74. The van der Waals surface area contributed by atoms with Gasteiger partial charge >= 0.3 is 5.97 Å². The Bertz CT molecular complexity index is 1180. The third-order valence-corrected chi connectivity index (χ3v) is 10.0. The van der Waals surface area contributed by atoms with E-state index in [0.29, 0.717) is 18.3 Å². The number of benzene rings is 2.